The lowest BCUT2D eigenvalue weighted by Crippen LogP contribution is -2.66. The fraction of sp³-hybridized carbons (Fsp3) is 1.00. The highest BCUT2D eigenvalue weighted by molar-refractivity contribution is 7.99. The number of aliphatic hydroxyl groups is 1. The van der Waals surface area contributed by atoms with Crippen molar-refractivity contribution in [2.75, 3.05) is 31.6 Å². The molecule has 1 atom stereocenters. The maximum atomic E-state index is 10.7. The van der Waals surface area contributed by atoms with Crippen molar-refractivity contribution in [3.05, 3.63) is 0 Å². The molecule has 0 aromatic rings. The number of likely N-dealkylation sites (tertiary alicyclic amines) is 1. The van der Waals surface area contributed by atoms with E-state index in [4.69, 9.17) is 5.73 Å². The van der Waals surface area contributed by atoms with E-state index < -0.39 is 5.60 Å². The average molecular weight is 230 g/mol. The van der Waals surface area contributed by atoms with Crippen LogP contribution < -0.4 is 5.73 Å². The van der Waals surface area contributed by atoms with E-state index in [0.29, 0.717) is 0 Å². The van der Waals surface area contributed by atoms with E-state index in [1.165, 1.54) is 5.75 Å². The Morgan fingerprint density at radius 2 is 1.93 bits per heavy atom. The molecule has 0 saturated carbocycles. The lowest BCUT2D eigenvalue weighted by molar-refractivity contribution is -0.0729. The zero-order valence-corrected chi connectivity index (χ0v) is 10.4. The van der Waals surface area contributed by atoms with Crippen LogP contribution in [0.4, 0.5) is 0 Å². The predicted molar refractivity (Wildman–Crippen MR) is 65.2 cm³/mol. The van der Waals surface area contributed by atoms with Crippen LogP contribution in [0.15, 0.2) is 0 Å². The van der Waals surface area contributed by atoms with Crippen LogP contribution in [0.5, 0.6) is 0 Å². The largest absolute Gasteiger partial charge is 0.388 e. The first-order valence-corrected chi connectivity index (χ1v) is 6.99. The summed E-state index contributed by atoms with van der Waals surface area (Å²) in [6.45, 7) is 1.94. The summed E-state index contributed by atoms with van der Waals surface area (Å²) in [6.07, 6.45) is 3.81. The Bertz CT molecular complexity index is 221. The molecule has 3 nitrogen and oxygen atoms in total. The van der Waals surface area contributed by atoms with Gasteiger partial charge in [0.25, 0.3) is 0 Å². The first-order chi connectivity index (χ1) is 7.06. The fourth-order valence-corrected chi connectivity index (χ4v) is 3.94. The van der Waals surface area contributed by atoms with Gasteiger partial charge in [-0.2, -0.15) is 11.8 Å². The summed E-state index contributed by atoms with van der Waals surface area (Å²) >= 11 is 1.90. The molecule has 0 aliphatic carbocycles. The number of hydrogen-bond donors (Lipinski definition) is 2. The van der Waals surface area contributed by atoms with Gasteiger partial charge in [0.05, 0.1) is 11.1 Å². The van der Waals surface area contributed by atoms with Gasteiger partial charge in [0, 0.05) is 18.8 Å². The highest BCUT2D eigenvalue weighted by Gasteiger charge is 2.49. The van der Waals surface area contributed by atoms with Gasteiger partial charge < -0.3 is 15.7 Å². The van der Waals surface area contributed by atoms with E-state index in [1.54, 1.807) is 0 Å². The molecule has 2 rings (SSSR count). The van der Waals surface area contributed by atoms with E-state index >= 15 is 0 Å². The second-order valence-corrected chi connectivity index (χ2v) is 6.25. The van der Waals surface area contributed by atoms with Crippen LogP contribution in [0.3, 0.4) is 0 Å². The van der Waals surface area contributed by atoms with Crippen LogP contribution >= 0.6 is 11.8 Å². The molecular weight excluding hydrogens is 208 g/mol. The Kier molecular flexibility index (Phi) is 3.31. The van der Waals surface area contributed by atoms with E-state index in [-0.39, 0.29) is 5.54 Å². The van der Waals surface area contributed by atoms with Crippen LogP contribution in [-0.2, 0) is 0 Å². The zero-order chi connectivity index (χ0) is 10.9. The summed E-state index contributed by atoms with van der Waals surface area (Å²) in [4.78, 5) is 2.27. The molecule has 88 valence electrons. The van der Waals surface area contributed by atoms with Gasteiger partial charge in [-0.3, -0.25) is 0 Å². The van der Waals surface area contributed by atoms with Crippen LogP contribution in [0, 0.1) is 0 Å². The Hall–Kier alpha value is 0.230. The monoisotopic (exact) mass is 230 g/mol. The number of piperidine rings is 1. The molecule has 2 fully saturated rings. The lowest BCUT2D eigenvalue weighted by Gasteiger charge is -2.50. The summed E-state index contributed by atoms with van der Waals surface area (Å²) in [5.74, 6) is 2.13. The van der Waals surface area contributed by atoms with Crippen LogP contribution in [0.2, 0.25) is 0 Å². The second-order valence-electron chi connectivity index (χ2n) is 5.15. The molecule has 1 unspecified atom stereocenters. The van der Waals surface area contributed by atoms with Crippen molar-refractivity contribution in [2.45, 2.75) is 36.8 Å². The molecule has 0 bridgehead atoms. The van der Waals surface area contributed by atoms with Crippen molar-refractivity contribution in [3.63, 3.8) is 0 Å². The Morgan fingerprint density at radius 1 is 1.27 bits per heavy atom. The summed E-state index contributed by atoms with van der Waals surface area (Å²) in [5, 5.41) is 10.7. The van der Waals surface area contributed by atoms with Gasteiger partial charge >= 0.3 is 0 Å². The van der Waals surface area contributed by atoms with E-state index in [2.05, 4.69) is 11.9 Å². The molecular formula is C11H22N2OS. The zero-order valence-electron chi connectivity index (χ0n) is 9.54. The summed E-state index contributed by atoms with van der Waals surface area (Å²) in [6, 6.07) is 0. The molecule has 3 N–H and O–H groups in total. The van der Waals surface area contributed by atoms with Crippen molar-refractivity contribution in [1.29, 1.82) is 0 Å². The third-order valence-corrected chi connectivity index (χ3v) is 5.31. The van der Waals surface area contributed by atoms with Crippen molar-refractivity contribution < 1.29 is 5.11 Å². The summed E-state index contributed by atoms with van der Waals surface area (Å²) < 4.78 is 0. The molecule has 2 aliphatic heterocycles. The minimum atomic E-state index is -0.618. The standard InChI is InChI=1S/C11H22N2OS/c1-13-6-4-11(14,5-7-13)10(12)3-2-8-15-9-10/h14H,2-9,12H2,1H3. The first kappa shape index (κ1) is 11.7. The second kappa shape index (κ2) is 4.24. The summed E-state index contributed by atoms with van der Waals surface area (Å²) in [7, 11) is 2.11. The van der Waals surface area contributed by atoms with E-state index in [1.807, 2.05) is 11.8 Å². The molecule has 0 radical (unpaired) electrons. The average Bonchev–Trinajstić information content (AvgIpc) is 2.24. The van der Waals surface area contributed by atoms with E-state index in [9.17, 15) is 5.11 Å². The normalized spacial score (nSPS) is 37.8. The molecule has 4 heteroatoms. The van der Waals surface area contributed by atoms with Gasteiger partial charge in [-0.05, 0) is 38.5 Å². The van der Waals surface area contributed by atoms with Gasteiger partial charge in [0.1, 0.15) is 0 Å². The first-order valence-electron chi connectivity index (χ1n) is 5.83. The molecule has 15 heavy (non-hydrogen) atoms. The van der Waals surface area contributed by atoms with Crippen molar-refractivity contribution in [3.8, 4) is 0 Å². The Balaban J connectivity index is 2.06. The predicted octanol–water partition coefficient (Wildman–Crippen LogP) is 0.668. The van der Waals surface area contributed by atoms with Gasteiger partial charge in [0.2, 0.25) is 0 Å². The number of rotatable bonds is 1. The highest BCUT2D eigenvalue weighted by Crippen LogP contribution is 2.39. The SMILES string of the molecule is CN1CCC(O)(C2(N)CCCSC2)CC1. The highest BCUT2D eigenvalue weighted by atomic mass is 32.2. The molecule has 0 amide bonds. The van der Waals surface area contributed by atoms with Gasteiger partial charge in [0.15, 0.2) is 0 Å². The Morgan fingerprint density at radius 3 is 2.47 bits per heavy atom. The molecule has 2 saturated heterocycles. The minimum Gasteiger partial charge on any atom is -0.388 e. The van der Waals surface area contributed by atoms with Crippen molar-refractivity contribution >= 4 is 11.8 Å². The number of nitrogens with two attached hydrogens (primary N) is 1. The van der Waals surface area contributed by atoms with Crippen LogP contribution in [0.25, 0.3) is 0 Å². The van der Waals surface area contributed by atoms with Crippen LogP contribution in [-0.4, -0.2) is 52.8 Å². The molecule has 2 aliphatic rings. The molecule has 0 spiro atoms. The maximum absolute atomic E-state index is 10.7. The van der Waals surface area contributed by atoms with Crippen molar-refractivity contribution in [1.82, 2.24) is 4.90 Å². The minimum absolute atomic E-state index is 0.336. The van der Waals surface area contributed by atoms with Gasteiger partial charge in [-0.15, -0.1) is 0 Å². The molecule has 0 aromatic heterocycles. The smallest absolute Gasteiger partial charge is 0.0858 e. The maximum Gasteiger partial charge on any atom is 0.0858 e. The molecule has 0 aromatic carbocycles. The third-order valence-electron chi connectivity index (χ3n) is 4.01. The summed E-state index contributed by atoms with van der Waals surface area (Å²) in [5.41, 5.74) is 5.47. The van der Waals surface area contributed by atoms with Gasteiger partial charge in [-0.25, -0.2) is 0 Å². The topological polar surface area (TPSA) is 49.5 Å². The number of hydrogen-bond acceptors (Lipinski definition) is 4. The Labute approximate surface area is 96.4 Å². The van der Waals surface area contributed by atoms with Crippen molar-refractivity contribution in [2.24, 2.45) is 5.73 Å². The van der Waals surface area contributed by atoms with E-state index in [0.717, 1.165) is 44.5 Å². The fourth-order valence-electron chi connectivity index (χ4n) is 2.67. The molecule has 2 heterocycles. The van der Waals surface area contributed by atoms with Crippen LogP contribution in [0.1, 0.15) is 25.7 Å². The van der Waals surface area contributed by atoms with Gasteiger partial charge in [-0.1, -0.05) is 0 Å². The number of thioether (sulfide) groups is 1. The lowest BCUT2D eigenvalue weighted by atomic mass is 9.72. The number of nitrogens with zero attached hydrogens (tertiary/aromatic N) is 1. The quantitative estimate of drug-likeness (QED) is 0.695. The third kappa shape index (κ3) is 2.18.